The molecule has 3 unspecified atom stereocenters. The lowest BCUT2D eigenvalue weighted by molar-refractivity contribution is -0.0947. The Labute approximate surface area is 93.8 Å². The van der Waals surface area contributed by atoms with Crippen molar-refractivity contribution in [3.63, 3.8) is 0 Å². The van der Waals surface area contributed by atoms with E-state index >= 15 is 0 Å². The van der Waals surface area contributed by atoms with Gasteiger partial charge in [-0.25, -0.2) is 0 Å². The number of ether oxygens (including phenoxy) is 2. The third-order valence-electron chi connectivity index (χ3n) is 2.53. The number of aliphatic hydroxyl groups is 1. The topological polar surface area (TPSA) is 38.7 Å². The zero-order chi connectivity index (χ0) is 12.1. The molecular formula is C12H26O3. The minimum Gasteiger partial charge on any atom is -0.394 e. The lowest BCUT2D eigenvalue weighted by Gasteiger charge is -2.30. The maximum absolute atomic E-state index is 8.79. The van der Waals surface area contributed by atoms with Crippen LogP contribution in [0.25, 0.3) is 0 Å². The van der Waals surface area contributed by atoms with Gasteiger partial charge in [-0.05, 0) is 26.2 Å². The Morgan fingerprint density at radius 1 is 1.07 bits per heavy atom. The first-order valence-corrected chi connectivity index (χ1v) is 5.65. The fraction of sp³-hybridized carbons (Fsp3) is 1.00. The third kappa shape index (κ3) is 6.88. The van der Waals surface area contributed by atoms with Crippen LogP contribution in [0.1, 0.15) is 41.5 Å². The van der Waals surface area contributed by atoms with Crippen molar-refractivity contribution in [1.82, 2.24) is 0 Å². The molecule has 0 saturated carbocycles. The van der Waals surface area contributed by atoms with E-state index in [1.807, 2.05) is 13.8 Å². The highest BCUT2D eigenvalue weighted by atomic mass is 16.5. The molecule has 0 heterocycles. The van der Waals surface area contributed by atoms with Crippen LogP contribution in [0.15, 0.2) is 0 Å². The van der Waals surface area contributed by atoms with Crippen LogP contribution in [0.3, 0.4) is 0 Å². The van der Waals surface area contributed by atoms with Gasteiger partial charge in [-0.2, -0.15) is 0 Å². The summed E-state index contributed by atoms with van der Waals surface area (Å²) >= 11 is 0. The smallest absolute Gasteiger partial charge is 0.0784 e. The van der Waals surface area contributed by atoms with Gasteiger partial charge in [0.25, 0.3) is 0 Å². The van der Waals surface area contributed by atoms with Gasteiger partial charge in [0, 0.05) is 0 Å². The fourth-order valence-corrected chi connectivity index (χ4v) is 0.944. The summed E-state index contributed by atoms with van der Waals surface area (Å²) in [5.41, 5.74) is 0.150. The zero-order valence-electron chi connectivity index (χ0n) is 10.9. The number of aliphatic hydroxyl groups excluding tert-OH is 1. The maximum atomic E-state index is 8.79. The SMILES string of the molecule is CC(CO)OCC(C)OC(C)C(C)(C)C. The van der Waals surface area contributed by atoms with Crippen LogP contribution in [-0.2, 0) is 9.47 Å². The molecule has 3 atom stereocenters. The van der Waals surface area contributed by atoms with E-state index in [0.717, 1.165) is 0 Å². The van der Waals surface area contributed by atoms with Crippen molar-refractivity contribution < 1.29 is 14.6 Å². The molecule has 0 fully saturated rings. The first kappa shape index (κ1) is 14.9. The molecule has 0 amide bonds. The average molecular weight is 218 g/mol. The Hall–Kier alpha value is -0.120. The predicted molar refractivity (Wildman–Crippen MR) is 62.0 cm³/mol. The Bertz CT molecular complexity index is 163. The molecule has 0 aliphatic heterocycles. The van der Waals surface area contributed by atoms with E-state index in [-0.39, 0.29) is 30.3 Å². The molecule has 3 heteroatoms. The predicted octanol–water partition coefficient (Wildman–Crippen LogP) is 2.22. The van der Waals surface area contributed by atoms with E-state index in [9.17, 15) is 0 Å². The second-order valence-electron chi connectivity index (χ2n) is 5.28. The van der Waals surface area contributed by atoms with E-state index in [1.54, 1.807) is 0 Å². The van der Waals surface area contributed by atoms with Gasteiger partial charge in [0.1, 0.15) is 0 Å². The number of hydrogen-bond acceptors (Lipinski definition) is 3. The zero-order valence-corrected chi connectivity index (χ0v) is 10.9. The molecule has 0 rings (SSSR count). The summed E-state index contributed by atoms with van der Waals surface area (Å²) in [7, 11) is 0. The first-order valence-electron chi connectivity index (χ1n) is 5.65. The minimum absolute atomic E-state index is 0.0571. The van der Waals surface area contributed by atoms with Gasteiger partial charge in [0.2, 0.25) is 0 Å². The van der Waals surface area contributed by atoms with Crippen molar-refractivity contribution in [1.29, 1.82) is 0 Å². The largest absolute Gasteiger partial charge is 0.394 e. The van der Waals surface area contributed by atoms with Gasteiger partial charge < -0.3 is 14.6 Å². The van der Waals surface area contributed by atoms with Crippen molar-refractivity contribution in [3.05, 3.63) is 0 Å². The van der Waals surface area contributed by atoms with Gasteiger partial charge in [0.05, 0.1) is 31.5 Å². The molecule has 1 N–H and O–H groups in total. The molecule has 0 aromatic rings. The molecule has 0 aliphatic rings. The van der Waals surface area contributed by atoms with Gasteiger partial charge in [-0.1, -0.05) is 20.8 Å². The third-order valence-corrected chi connectivity index (χ3v) is 2.53. The van der Waals surface area contributed by atoms with E-state index in [1.165, 1.54) is 0 Å². The molecule has 0 saturated heterocycles. The van der Waals surface area contributed by atoms with Crippen LogP contribution in [0, 0.1) is 5.41 Å². The summed E-state index contributed by atoms with van der Waals surface area (Å²) in [5.74, 6) is 0. The number of hydrogen-bond donors (Lipinski definition) is 1. The van der Waals surface area contributed by atoms with E-state index in [2.05, 4.69) is 27.7 Å². The lowest BCUT2D eigenvalue weighted by atomic mass is 9.90. The molecule has 0 aliphatic carbocycles. The quantitative estimate of drug-likeness (QED) is 0.743. The summed E-state index contributed by atoms with van der Waals surface area (Å²) in [5, 5.41) is 8.79. The Balaban J connectivity index is 3.79. The Kier molecular flexibility index (Phi) is 6.41. The van der Waals surface area contributed by atoms with Crippen LogP contribution in [0.4, 0.5) is 0 Å². The summed E-state index contributed by atoms with van der Waals surface area (Å²) in [6, 6.07) is 0. The van der Waals surface area contributed by atoms with E-state index in [4.69, 9.17) is 14.6 Å². The standard InChI is InChI=1S/C12H26O3/c1-9(7-13)14-8-10(2)15-11(3)12(4,5)6/h9-11,13H,7-8H2,1-6H3. The summed E-state index contributed by atoms with van der Waals surface area (Å²) in [6.45, 7) is 13.0. The van der Waals surface area contributed by atoms with Crippen molar-refractivity contribution >= 4 is 0 Å². The Morgan fingerprint density at radius 3 is 2.00 bits per heavy atom. The van der Waals surface area contributed by atoms with Gasteiger partial charge in [-0.3, -0.25) is 0 Å². The molecule has 3 nitrogen and oxygen atoms in total. The normalized spacial score (nSPS) is 18.6. The molecule has 0 radical (unpaired) electrons. The Morgan fingerprint density at radius 2 is 1.60 bits per heavy atom. The minimum atomic E-state index is -0.110. The second-order valence-corrected chi connectivity index (χ2v) is 5.28. The molecule has 0 bridgehead atoms. The molecule has 92 valence electrons. The van der Waals surface area contributed by atoms with Crippen LogP contribution < -0.4 is 0 Å². The highest BCUT2D eigenvalue weighted by molar-refractivity contribution is 4.71. The van der Waals surface area contributed by atoms with Gasteiger partial charge >= 0.3 is 0 Å². The number of rotatable bonds is 6. The highest BCUT2D eigenvalue weighted by Crippen LogP contribution is 2.22. The van der Waals surface area contributed by atoms with Crippen molar-refractivity contribution in [2.75, 3.05) is 13.2 Å². The van der Waals surface area contributed by atoms with Crippen molar-refractivity contribution in [3.8, 4) is 0 Å². The monoisotopic (exact) mass is 218 g/mol. The van der Waals surface area contributed by atoms with Gasteiger partial charge in [0.15, 0.2) is 0 Å². The molecule has 0 spiro atoms. The van der Waals surface area contributed by atoms with Crippen LogP contribution >= 0.6 is 0 Å². The van der Waals surface area contributed by atoms with Gasteiger partial charge in [-0.15, -0.1) is 0 Å². The highest BCUT2D eigenvalue weighted by Gasteiger charge is 2.22. The van der Waals surface area contributed by atoms with Crippen LogP contribution in [0.2, 0.25) is 0 Å². The second kappa shape index (κ2) is 6.46. The fourth-order valence-electron chi connectivity index (χ4n) is 0.944. The van der Waals surface area contributed by atoms with Crippen LogP contribution in [-0.4, -0.2) is 36.6 Å². The lowest BCUT2D eigenvalue weighted by Crippen LogP contribution is -2.32. The van der Waals surface area contributed by atoms with Crippen molar-refractivity contribution in [2.45, 2.75) is 59.9 Å². The first-order chi connectivity index (χ1) is 6.77. The summed E-state index contributed by atoms with van der Waals surface area (Å²) in [4.78, 5) is 0. The molecular weight excluding hydrogens is 192 g/mol. The van der Waals surface area contributed by atoms with Crippen LogP contribution in [0.5, 0.6) is 0 Å². The molecule has 0 aromatic heterocycles. The maximum Gasteiger partial charge on any atom is 0.0784 e. The average Bonchev–Trinajstić information content (AvgIpc) is 2.12. The molecule has 15 heavy (non-hydrogen) atoms. The molecule has 0 aromatic carbocycles. The van der Waals surface area contributed by atoms with E-state index < -0.39 is 0 Å². The van der Waals surface area contributed by atoms with E-state index in [0.29, 0.717) is 6.61 Å². The summed E-state index contributed by atoms with van der Waals surface area (Å²) < 4.78 is 11.2. The van der Waals surface area contributed by atoms with Crippen molar-refractivity contribution in [2.24, 2.45) is 5.41 Å². The summed E-state index contributed by atoms with van der Waals surface area (Å²) in [6.07, 6.45) is 0.148.